The van der Waals surface area contributed by atoms with Crippen LogP contribution in [-0.2, 0) is 16.1 Å². The number of halogens is 3. The average molecular weight is 495 g/mol. The number of aromatic nitrogens is 3. The minimum absolute atomic E-state index is 0.0407. The molecule has 1 saturated heterocycles. The lowest BCUT2D eigenvalue weighted by atomic mass is 10.2. The first-order chi connectivity index (χ1) is 15.4. The third-order valence-electron chi connectivity index (χ3n) is 5.07. The third-order valence-corrected chi connectivity index (χ3v) is 6.71. The van der Waals surface area contributed by atoms with Gasteiger partial charge in [0.05, 0.1) is 28.6 Å². The zero-order valence-electron chi connectivity index (χ0n) is 17.2. The van der Waals surface area contributed by atoms with Crippen LogP contribution in [0.25, 0.3) is 11.4 Å². The van der Waals surface area contributed by atoms with E-state index < -0.39 is 5.25 Å². The van der Waals surface area contributed by atoms with Crippen molar-refractivity contribution in [3.63, 3.8) is 0 Å². The van der Waals surface area contributed by atoms with E-state index in [-0.39, 0.29) is 17.8 Å². The minimum Gasteiger partial charge on any atom is -0.376 e. The Balaban J connectivity index is 1.55. The second-order valence-electron chi connectivity index (χ2n) is 7.43. The third kappa shape index (κ3) is 5.43. The van der Waals surface area contributed by atoms with Gasteiger partial charge < -0.3 is 10.1 Å². The largest absolute Gasteiger partial charge is 0.376 e. The highest BCUT2D eigenvalue weighted by Crippen LogP contribution is 2.31. The summed E-state index contributed by atoms with van der Waals surface area (Å²) in [6.07, 6.45) is 1.98. The summed E-state index contributed by atoms with van der Waals surface area (Å²) in [6, 6.07) is 11.0. The Labute approximate surface area is 199 Å². The van der Waals surface area contributed by atoms with E-state index in [2.05, 4.69) is 15.5 Å². The van der Waals surface area contributed by atoms with Gasteiger partial charge in [-0.1, -0.05) is 35.0 Å². The molecular formula is C22H21Cl2FN4O2S. The summed E-state index contributed by atoms with van der Waals surface area (Å²) in [5.74, 6) is 0.0427. The first-order valence-electron chi connectivity index (χ1n) is 10.1. The molecular weight excluding hydrogens is 474 g/mol. The number of hydrogen-bond acceptors (Lipinski definition) is 5. The number of nitrogens with one attached hydrogen (secondary N) is 1. The number of hydrogen-bond donors (Lipinski definition) is 1. The molecule has 2 atom stereocenters. The van der Waals surface area contributed by atoms with Crippen molar-refractivity contribution >= 4 is 46.6 Å². The van der Waals surface area contributed by atoms with Crippen LogP contribution in [0.2, 0.25) is 10.0 Å². The monoisotopic (exact) mass is 494 g/mol. The topological polar surface area (TPSA) is 69.0 Å². The molecule has 1 aliphatic heterocycles. The molecule has 0 bridgehead atoms. The highest BCUT2D eigenvalue weighted by Gasteiger charge is 2.25. The van der Waals surface area contributed by atoms with Gasteiger partial charge >= 0.3 is 0 Å². The SMILES string of the molecule is CC(Sc1nnc(-c2ccc(F)cc2)n1CC1CCCO1)C(=O)Nc1cc(Cl)ccc1Cl. The molecule has 2 aromatic carbocycles. The van der Waals surface area contributed by atoms with Gasteiger partial charge in [-0.05, 0) is 62.2 Å². The first-order valence-corrected chi connectivity index (χ1v) is 11.8. The van der Waals surface area contributed by atoms with Crippen LogP contribution in [0, 0.1) is 5.82 Å². The molecule has 3 aromatic rings. The Hall–Kier alpha value is -2.13. The molecule has 4 rings (SSSR count). The van der Waals surface area contributed by atoms with Crippen LogP contribution < -0.4 is 5.32 Å². The molecule has 32 heavy (non-hydrogen) atoms. The van der Waals surface area contributed by atoms with E-state index in [1.54, 1.807) is 37.3 Å². The van der Waals surface area contributed by atoms with E-state index in [9.17, 15) is 9.18 Å². The Kier molecular flexibility index (Phi) is 7.35. The van der Waals surface area contributed by atoms with Crippen molar-refractivity contribution in [2.75, 3.05) is 11.9 Å². The highest BCUT2D eigenvalue weighted by molar-refractivity contribution is 8.00. The fourth-order valence-corrected chi connectivity index (χ4v) is 4.58. The number of thioether (sulfide) groups is 1. The van der Waals surface area contributed by atoms with Crippen molar-refractivity contribution < 1.29 is 13.9 Å². The predicted molar refractivity (Wildman–Crippen MR) is 125 cm³/mol. The molecule has 10 heteroatoms. The molecule has 1 fully saturated rings. The normalized spacial score (nSPS) is 16.8. The Bertz CT molecular complexity index is 1100. The lowest BCUT2D eigenvalue weighted by Crippen LogP contribution is -2.24. The number of ether oxygens (including phenoxy) is 1. The maximum absolute atomic E-state index is 13.4. The van der Waals surface area contributed by atoms with E-state index in [0.29, 0.717) is 33.3 Å². The molecule has 1 aromatic heterocycles. The van der Waals surface area contributed by atoms with Gasteiger partial charge in [-0.25, -0.2) is 4.39 Å². The summed E-state index contributed by atoms with van der Waals surface area (Å²) in [6.45, 7) is 3.05. The van der Waals surface area contributed by atoms with Gasteiger partial charge in [-0.15, -0.1) is 10.2 Å². The number of amides is 1. The molecule has 6 nitrogen and oxygen atoms in total. The van der Waals surface area contributed by atoms with Gasteiger partial charge in [0.15, 0.2) is 11.0 Å². The number of benzene rings is 2. The van der Waals surface area contributed by atoms with Gasteiger partial charge in [-0.3, -0.25) is 9.36 Å². The van der Waals surface area contributed by atoms with Crippen molar-refractivity contribution in [1.82, 2.24) is 14.8 Å². The van der Waals surface area contributed by atoms with Gasteiger partial charge in [0, 0.05) is 17.2 Å². The van der Waals surface area contributed by atoms with Gasteiger partial charge in [0.25, 0.3) is 0 Å². The number of nitrogens with zero attached hydrogens (tertiary/aromatic N) is 3. The molecule has 0 spiro atoms. The number of carbonyl (C=O) groups excluding carboxylic acids is 1. The van der Waals surface area contributed by atoms with E-state index in [1.807, 2.05) is 4.57 Å². The maximum Gasteiger partial charge on any atom is 0.237 e. The van der Waals surface area contributed by atoms with Crippen LogP contribution in [0.3, 0.4) is 0 Å². The van der Waals surface area contributed by atoms with Crippen molar-refractivity contribution in [3.05, 3.63) is 58.3 Å². The van der Waals surface area contributed by atoms with Crippen molar-refractivity contribution in [3.8, 4) is 11.4 Å². The summed E-state index contributed by atoms with van der Waals surface area (Å²) < 4.78 is 21.1. The maximum atomic E-state index is 13.4. The Morgan fingerprint density at radius 1 is 1.28 bits per heavy atom. The minimum atomic E-state index is -0.487. The zero-order valence-corrected chi connectivity index (χ0v) is 19.6. The van der Waals surface area contributed by atoms with E-state index in [1.165, 1.54) is 23.9 Å². The average Bonchev–Trinajstić information content (AvgIpc) is 3.42. The summed E-state index contributed by atoms with van der Waals surface area (Å²) in [4.78, 5) is 12.8. The zero-order chi connectivity index (χ0) is 22.7. The summed E-state index contributed by atoms with van der Waals surface area (Å²) >= 11 is 13.5. The molecule has 2 unspecified atom stereocenters. The molecule has 1 aliphatic rings. The molecule has 0 aliphatic carbocycles. The van der Waals surface area contributed by atoms with Crippen LogP contribution in [0.1, 0.15) is 19.8 Å². The van der Waals surface area contributed by atoms with Crippen molar-refractivity contribution in [2.24, 2.45) is 0 Å². The summed E-state index contributed by atoms with van der Waals surface area (Å²) in [5.41, 5.74) is 1.19. The van der Waals surface area contributed by atoms with Crippen molar-refractivity contribution in [1.29, 1.82) is 0 Å². The van der Waals surface area contributed by atoms with Crippen LogP contribution in [0.5, 0.6) is 0 Å². The smallest absolute Gasteiger partial charge is 0.237 e. The quantitative estimate of drug-likeness (QED) is 0.427. The van der Waals surface area contributed by atoms with Gasteiger partial charge in [0.2, 0.25) is 5.91 Å². The number of carbonyl (C=O) groups is 1. The standard InChI is InChI=1S/C22H21Cl2FN4O2S/c1-13(21(30)26-19-11-15(23)6-9-18(19)24)32-22-28-27-20(14-4-7-16(25)8-5-14)29(22)12-17-3-2-10-31-17/h4-9,11,13,17H,2-3,10,12H2,1H3,(H,26,30). The number of rotatable bonds is 7. The van der Waals surface area contributed by atoms with Crippen LogP contribution >= 0.6 is 35.0 Å². The second kappa shape index (κ2) is 10.2. The van der Waals surface area contributed by atoms with E-state index >= 15 is 0 Å². The lowest BCUT2D eigenvalue weighted by Gasteiger charge is -2.17. The molecule has 0 radical (unpaired) electrons. The molecule has 2 heterocycles. The second-order valence-corrected chi connectivity index (χ2v) is 9.58. The van der Waals surface area contributed by atoms with Gasteiger partial charge in [-0.2, -0.15) is 0 Å². The fourth-order valence-electron chi connectivity index (χ4n) is 3.38. The van der Waals surface area contributed by atoms with Crippen molar-refractivity contribution in [2.45, 2.75) is 42.8 Å². The van der Waals surface area contributed by atoms with Crippen LogP contribution in [-0.4, -0.2) is 38.6 Å². The molecule has 0 saturated carbocycles. The van der Waals surface area contributed by atoms with E-state index in [0.717, 1.165) is 25.0 Å². The summed E-state index contributed by atoms with van der Waals surface area (Å²) in [5, 5.41) is 12.4. The van der Waals surface area contributed by atoms with Crippen LogP contribution in [0.15, 0.2) is 47.6 Å². The molecule has 168 valence electrons. The Morgan fingerprint density at radius 3 is 2.78 bits per heavy atom. The Morgan fingerprint density at radius 2 is 2.06 bits per heavy atom. The van der Waals surface area contributed by atoms with E-state index in [4.69, 9.17) is 27.9 Å². The molecule has 1 amide bonds. The highest BCUT2D eigenvalue weighted by atomic mass is 35.5. The first kappa shape index (κ1) is 23.0. The fraction of sp³-hybridized carbons (Fsp3) is 0.318. The van der Waals surface area contributed by atoms with Gasteiger partial charge in [0.1, 0.15) is 5.82 Å². The lowest BCUT2D eigenvalue weighted by molar-refractivity contribution is -0.115. The summed E-state index contributed by atoms with van der Waals surface area (Å²) in [7, 11) is 0. The van der Waals surface area contributed by atoms with Crippen LogP contribution in [0.4, 0.5) is 10.1 Å². The number of anilines is 1. The molecule has 1 N–H and O–H groups in total. The predicted octanol–water partition coefficient (Wildman–Crippen LogP) is 5.69.